The Kier molecular flexibility index (Phi) is 8.43. The fourth-order valence-corrected chi connectivity index (χ4v) is 7.41. The van der Waals surface area contributed by atoms with E-state index in [4.69, 9.17) is 9.94 Å². The normalized spacial score (nSPS) is 28.4. The van der Waals surface area contributed by atoms with Crippen molar-refractivity contribution >= 4 is 22.7 Å². The molecule has 1 aliphatic carbocycles. The summed E-state index contributed by atoms with van der Waals surface area (Å²) in [6.45, 7) is 1.81. The number of aliphatic hydroxyl groups is 1. The lowest BCUT2D eigenvalue weighted by Crippen LogP contribution is -2.58. The van der Waals surface area contributed by atoms with Crippen LogP contribution in [0.3, 0.4) is 0 Å². The van der Waals surface area contributed by atoms with Crippen LogP contribution in [0.15, 0.2) is 34.2 Å². The molecule has 1 aromatic carbocycles. The Bertz CT molecular complexity index is 1210. The largest absolute Gasteiger partial charge is 0.476 e. The molecule has 206 valence electrons. The van der Waals surface area contributed by atoms with Crippen LogP contribution in [0.25, 0.3) is 11.0 Å². The van der Waals surface area contributed by atoms with Gasteiger partial charge in [0.1, 0.15) is 6.61 Å². The number of aliphatic hydroxyl groups excluding tert-OH is 1. The number of carboxylic acid groups (broad SMARTS) is 1. The fraction of sp³-hybridized carbons (Fsp3) is 0.655. The molecule has 9 nitrogen and oxygen atoms in total. The number of fused-ring (bicyclic) bond motifs is 3. The lowest BCUT2D eigenvalue weighted by Gasteiger charge is -2.54. The number of oxime groups is 1. The summed E-state index contributed by atoms with van der Waals surface area (Å²) in [5, 5.41) is 22.5. The van der Waals surface area contributed by atoms with Crippen LogP contribution in [0.5, 0.6) is 0 Å². The zero-order valence-electron chi connectivity index (χ0n) is 22.3. The van der Waals surface area contributed by atoms with Gasteiger partial charge in [0.15, 0.2) is 5.69 Å². The van der Waals surface area contributed by atoms with Gasteiger partial charge in [0.25, 0.3) is 5.56 Å². The van der Waals surface area contributed by atoms with E-state index in [1.165, 1.54) is 44.9 Å². The molecule has 2 N–H and O–H groups in total. The predicted octanol–water partition coefficient (Wildman–Crippen LogP) is 4.11. The van der Waals surface area contributed by atoms with Crippen LogP contribution in [0.4, 0.5) is 0 Å². The number of carbonyl (C=O) groups is 1. The molecule has 5 atom stereocenters. The number of rotatable bonds is 9. The van der Waals surface area contributed by atoms with Crippen molar-refractivity contribution in [3.63, 3.8) is 0 Å². The second-order valence-electron chi connectivity index (χ2n) is 11.2. The van der Waals surface area contributed by atoms with Crippen molar-refractivity contribution in [3.05, 3.63) is 40.3 Å². The number of aliphatic carboxylic acids is 1. The van der Waals surface area contributed by atoms with Gasteiger partial charge in [-0.2, -0.15) is 0 Å². The van der Waals surface area contributed by atoms with Crippen molar-refractivity contribution in [2.75, 3.05) is 13.2 Å². The van der Waals surface area contributed by atoms with Crippen LogP contribution in [0, 0.1) is 5.92 Å². The van der Waals surface area contributed by atoms with Crippen molar-refractivity contribution in [1.29, 1.82) is 0 Å². The van der Waals surface area contributed by atoms with E-state index >= 15 is 0 Å². The standard InChI is InChI=1S/C29H40N4O5/c1-2-7-19-8-5-9-20(16-19)32-21-10-6-11-22(32)18-23(17-21)33-25-13-4-3-12-24(25)30-26(28(33)35)27(29(36)37)31-38-15-14-34/h3-4,12-13,19-23,34H,2,5-11,14-18H2,1H3,(H,36,37)/b31-27-/t19-,20-,21-,22+,23?/m1/s1. The van der Waals surface area contributed by atoms with Crippen LogP contribution in [-0.2, 0) is 9.63 Å². The number of hydrogen-bond acceptors (Lipinski definition) is 7. The molecule has 3 aliphatic rings. The van der Waals surface area contributed by atoms with Gasteiger partial charge in [0.05, 0.1) is 17.6 Å². The van der Waals surface area contributed by atoms with Gasteiger partial charge in [-0.05, 0) is 56.6 Å². The molecule has 1 saturated carbocycles. The Morgan fingerprint density at radius 1 is 1.05 bits per heavy atom. The van der Waals surface area contributed by atoms with Crippen molar-refractivity contribution in [2.24, 2.45) is 11.1 Å². The molecule has 38 heavy (non-hydrogen) atoms. The lowest BCUT2D eigenvalue weighted by atomic mass is 9.76. The van der Waals surface area contributed by atoms with E-state index in [0.29, 0.717) is 23.6 Å². The van der Waals surface area contributed by atoms with Gasteiger partial charge in [-0.3, -0.25) is 9.69 Å². The number of nitrogens with zero attached hydrogens (tertiary/aromatic N) is 4. The van der Waals surface area contributed by atoms with Crippen LogP contribution in [-0.4, -0.2) is 67.7 Å². The Balaban J connectivity index is 1.50. The van der Waals surface area contributed by atoms with E-state index < -0.39 is 17.2 Å². The number of aromatic nitrogens is 2. The average molecular weight is 525 g/mol. The quantitative estimate of drug-likeness (QED) is 0.288. The van der Waals surface area contributed by atoms with Crippen LogP contribution in [0.1, 0.15) is 89.3 Å². The number of piperidine rings is 2. The second-order valence-corrected chi connectivity index (χ2v) is 11.2. The van der Waals surface area contributed by atoms with E-state index in [1.54, 1.807) is 10.6 Å². The summed E-state index contributed by atoms with van der Waals surface area (Å²) >= 11 is 0. The first-order chi connectivity index (χ1) is 18.5. The van der Waals surface area contributed by atoms with Crippen LogP contribution in [0.2, 0.25) is 0 Å². The van der Waals surface area contributed by atoms with E-state index in [9.17, 15) is 14.7 Å². The molecule has 2 aromatic rings. The maximum absolute atomic E-state index is 13.9. The summed E-state index contributed by atoms with van der Waals surface area (Å²) < 4.78 is 1.78. The maximum atomic E-state index is 13.9. The zero-order valence-corrected chi connectivity index (χ0v) is 22.3. The molecule has 2 saturated heterocycles. The summed E-state index contributed by atoms with van der Waals surface area (Å²) in [5.74, 6) is -0.562. The monoisotopic (exact) mass is 524 g/mol. The smallest absolute Gasteiger partial charge is 0.360 e. The number of hydrogen-bond donors (Lipinski definition) is 2. The summed E-state index contributed by atoms with van der Waals surface area (Å²) in [6, 6.07) is 8.88. The van der Waals surface area contributed by atoms with Gasteiger partial charge in [-0.15, -0.1) is 0 Å². The summed E-state index contributed by atoms with van der Waals surface area (Å²) in [7, 11) is 0. The van der Waals surface area contributed by atoms with Crippen molar-refractivity contribution < 1.29 is 19.8 Å². The van der Waals surface area contributed by atoms with Gasteiger partial charge < -0.3 is 19.6 Å². The van der Waals surface area contributed by atoms with Crippen molar-refractivity contribution in [1.82, 2.24) is 14.5 Å². The number of para-hydroxylation sites is 2. The van der Waals surface area contributed by atoms with Gasteiger partial charge >= 0.3 is 5.97 Å². The molecular formula is C29H40N4O5. The highest BCUT2D eigenvalue weighted by atomic mass is 16.6. The molecule has 0 spiro atoms. The van der Waals surface area contributed by atoms with Gasteiger partial charge in [-0.1, -0.05) is 56.3 Å². The van der Waals surface area contributed by atoms with Gasteiger partial charge in [-0.25, -0.2) is 9.78 Å². The fourth-order valence-electron chi connectivity index (χ4n) is 7.41. The number of benzene rings is 1. The topological polar surface area (TPSA) is 117 Å². The first-order valence-corrected chi connectivity index (χ1v) is 14.3. The third-order valence-electron chi connectivity index (χ3n) is 8.81. The molecule has 3 heterocycles. The molecule has 2 aliphatic heterocycles. The van der Waals surface area contributed by atoms with Gasteiger partial charge in [0, 0.05) is 24.2 Å². The highest BCUT2D eigenvalue weighted by Gasteiger charge is 2.43. The van der Waals surface area contributed by atoms with Crippen molar-refractivity contribution in [3.8, 4) is 0 Å². The molecule has 1 aromatic heterocycles. The van der Waals surface area contributed by atoms with Crippen molar-refractivity contribution in [2.45, 2.75) is 102 Å². The number of carboxylic acids is 1. The average Bonchev–Trinajstić information content (AvgIpc) is 2.90. The Labute approximate surface area is 223 Å². The molecule has 5 rings (SSSR count). The molecule has 0 amide bonds. The molecule has 0 radical (unpaired) electrons. The third-order valence-corrected chi connectivity index (χ3v) is 8.81. The minimum absolute atomic E-state index is 0.0378. The molecule has 2 bridgehead atoms. The van der Waals surface area contributed by atoms with Crippen LogP contribution >= 0.6 is 0 Å². The molecule has 9 heteroatoms. The van der Waals surface area contributed by atoms with E-state index in [0.717, 1.165) is 37.1 Å². The minimum atomic E-state index is -1.39. The Morgan fingerprint density at radius 3 is 2.42 bits per heavy atom. The Hall–Kier alpha value is -2.78. The predicted molar refractivity (Wildman–Crippen MR) is 145 cm³/mol. The minimum Gasteiger partial charge on any atom is -0.476 e. The summed E-state index contributed by atoms with van der Waals surface area (Å²) in [4.78, 5) is 38.2. The summed E-state index contributed by atoms with van der Waals surface area (Å²) in [6.07, 6.45) is 13.0. The van der Waals surface area contributed by atoms with E-state index in [2.05, 4.69) is 22.0 Å². The van der Waals surface area contributed by atoms with Gasteiger partial charge in [0.2, 0.25) is 5.71 Å². The van der Waals surface area contributed by atoms with E-state index in [-0.39, 0.29) is 24.9 Å². The van der Waals surface area contributed by atoms with Crippen LogP contribution < -0.4 is 5.56 Å². The first kappa shape index (κ1) is 26.8. The molecular weight excluding hydrogens is 484 g/mol. The highest BCUT2D eigenvalue weighted by Crippen LogP contribution is 2.44. The third kappa shape index (κ3) is 5.36. The highest BCUT2D eigenvalue weighted by molar-refractivity contribution is 6.41. The maximum Gasteiger partial charge on any atom is 0.360 e. The second kappa shape index (κ2) is 11.9. The van der Waals surface area contributed by atoms with E-state index in [1.807, 2.05) is 18.2 Å². The summed E-state index contributed by atoms with van der Waals surface area (Å²) in [5.41, 5.74) is 0.0655. The molecule has 1 unspecified atom stereocenters. The SMILES string of the molecule is CCC[C@@H]1CCC[C@@H](N2[C@@H]3CCC[C@H]2CC(n2c(=O)c(/C(=N/OCCO)C(=O)O)nc4ccccc42)C3)C1. The molecule has 3 fully saturated rings. The zero-order chi connectivity index (χ0) is 26.6. The first-order valence-electron chi connectivity index (χ1n) is 14.3. The lowest BCUT2D eigenvalue weighted by molar-refractivity contribution is -0.129. The Morgan fingerprint density at radius 2 is 1.74 bits per heavy atom.